The molecular formula is C33H42FN7O2. The predicted octanol–water partition coefficient (Wildman–Crippen LogP) is 6.01. The van der Waals surface area contributed by atoms with Gasteiger partial charge >= 0.3 is 0 Å². The van der Waals surface area contributed by atoms with Gasteiger partial charge in [0.05, 0.1) is 12.6 Å². The van der Waals surface area contributed by atoms with Gasteiger partial charge in [0.1, 0.15) is 17.2 Å². The molecule has 1 aromatic heterocycles. The van der Waals surface area contributed by atoms with Gasteiger partial charge in [0.15, 0.2) is 5.82 Å². The summed E-state index contributed by atoms with van der Waals surface area (Å²) in [4.78, 5) is 34.5. The lowest BCUT2D eigenvalue weighted by Gasteiger charge is -2.46. The molecule has 10 heteroatoms. The summed E-state index contributed by atoms with van der Waals surface area (Å²) in [6.45, 7) is 11.3. The van der Waals surface area contributed by atoms with Gasteiger partial charge in [0.25, 0.3) is 11.8 Å². The highest BCUT2D eigenvalue weighted by molar-refractivity contribution is 6.46. The van der Waals surface area contributed by atoms with Gasteiger partial charge in [0.2, 0.25) is 0 Å². The van der Waals surface area contributed by atoms with Crippen LogP contribution in [0.15, 0.2) is 53.5 Å². The molecule has 228 valence electrons. The van der Waals surface area contributed by atoms with E-state index in [-0.39, 0.29) is 35.6 Å². The Kier molecular flexibility index (Phi) is 8.76. The van der Waals surface area contributed by atoms with Crippen LogP contribution in [-0.4, -0.2) is 48.7 Å². The number of carbonyl (C=O) groups excluding carboxylic acids is 2. The topological polar surface area (TPSA) is 116 Å². The van der Waals surface area contributed by atoms with Crippen molar-refractivity contribution in [2.24, 2.45) is 22.2 Å². The monoisotopic (exact) mass is 587 g/mol. The van der Waals surface area contributed by atoms with Crippen molar-refractivity contribution in [3.63, 3.8) is 0 Å². The van der Waals surface area contributed by atoms with Gasteiger partial charge in [-0.15, -0.1) is 10.2 Å². The first-order chi connectivity index (χ1) is 20.5. The third-order valence-corrected chi connectivity index (χ3v) is 8.91. The highest BCUT2D eigenvalue weighted by Gasteiger charge is 2.52. The normalized spacial score (nSPS) is 21.4. The number of tetrazole rings is 1. The lowest BCUT2D eigenvalue weighted by molar-refractivity contribution is -0.133. The van der Waals surface area contributed by atoms with E-state index in [2.05, 4.69) is 60.6 Å². The van der Waals surface area contributed by atoms with E-state index in [1.54, 1.807) is 24.3 Å². The maximum Gasteiger partial charge on any atom is 0.275 e. The molecule has 1 atom stereocenters. The predicted molar refractivity (Wildman–Crippen MR) is 163 cm³/mol. The molecule has 2 aliphatic rings. The quantitative estimate of drug-likeness (QED) is 0.318. The van der Waals surface area contributed by atoms with Crippen LogP contribution >= 0.6 is 0 Å². The Morgan fingerprint density at radius 2 is 1.77 bits per heavy atom. The molecular weight excluding hydrogens is 545 g/mol. The minimum Gasteiger partial charge on any atom is -0.345 e. The molecule has 9 nitrogen and oxygen atoms in total. The maximum atomic E-state index is 14.4. The van der Waals surface area contributed by atoms with E-state index in [0.717, 1.165) is 44.1 Å². The van der Waals surface area contributed by atoms with Crippen molar-refractivity contribution >= 4 is 17.5 Å². The molecule has 43 heavy (non-hydrogen) atoms. The second-order valence-corrected chi connectivity index (χ2v) is 13.5. The number of nitrogens with one attached hydrogen (secondary N) is 2. The van der Waals surface area contributed by atoms with Crippen LogP contribution in [0, 0.1) is 23.1 Å². The van der Waals surface area contributed by atoms with Crippen molar-refractivity contribution < 1.29 is 14.0 Å². The van der Waals surface area contributed by atoms with Gasteiger partial charge in [-0.25, -0.2) is 4.39 Å². The largest absolute Gasteiger partial charge is 0.345 e. The zero-order chi connectivity index (χ0) is 30.8. The van der Waals surface area contributed by atoms with E-state index in [1.807, 2.05) is 17.0 Å². The molecule has 0 saturated heterocycles. The molecule has 1 saturated carbocycles. The molecule has 1 aliphatic heterocycles. The SMILES string of the molecule is CC(C)C1CCC2(CC1)N=C(c1ccc(F)cc1)C(=O)N2C(CCC(C)(C)C)c1ccc(C(=O)NCc2nn[nH]n2)cc1. The van der Waals surface area contributed by atoms with Crippen molar-refractivity contribution in [2.75, 3.05) is 0 Å². The number of aromatic nitrogens is 4. The average Bonchev–Trinajstić information content (AvgIpc) is 3.59. The molecule has 2 heterocycles. The minimum absolute atomic E-state index is 0.0547. The van der Waals surface area contributed by atoms with Crippen LogP contribution in [0.5, 0.6) is 0 Å². The maximum absolute atomic E-state index is 14.4. The Morgan fingerprint density at radius 1 is 1.09 bits per heavy atom. The molecule has 1 unspecified atom stereocenters. The van der Waals surface area contributed by atoms with Gasteiger partial charge in [-0.1, -0.05) is 52.0 Å². The van der Waals surface area contributed by atoms with E-state index in [4.69, 9.17) is 4.99 Å². The second kappa shape index (κ2) is 12.3. The summed E-state index contributed by atoms with van der Waals surface area (Å²) in [5.74, 6) is 0.850. The molecule has 1 spiro atoms. The Labute approximate surface area is 252 Å². The second-order valence-electron chi connectivity index (χ2n) is 13.5. The lowest BCUT2D eigenvalue weighted by Crippen LogP contribution is -2.51. The van der Waals surface area contributed by atoms with Crippen LogP contribution in [0.1, 0.15) is 106 Å². The van der Waals surface area contributed by atoms with Crippen LogP contribution < -0.4 is 5.32 Å². The number of halogens is 1. The summed E-state index contributed by atoms with van der Waals surface area (Å²) in [5.41, 5.74) is 1.91. The van der Waals surface area contributed by atoms with Crippen LogP contribution in [0.3, 0.4) is 0 Å². The number of carbonyl (C=O) groups is 2. The molecule has 2 amide bonds. The third kappa shape index (κ3) is 6.84. The number of aromatic amines is 1. The number of hydrogen-bond acceptors (Lipinski definition) is 6. The highest BCUT2D eigenvalue weighted by atomic mass is 19.1. The average molecular weight is 588 g/mol. The third-order valence-electron chi connectivity index (χ3n) is 8.91. The number of nitrogens with zero attached hydrogens (tertiary/aromatic N) is 5. The van der Waals surface area contributed by atoms with Crippen LogP contribution in [0.25, 0.3) is 0 Å². The van der Waals surface area contributed by atoms with E-state index in [9.17, 15) is 14.0 Å². The molecule has 3 aromatic rings. The lowest BCUT2D eigenvalue weighted by atomic mass is 9.75. The summed E-state index contributed by atoms with van der Waals surface area (Å²) in [7, 11) is 0. The molecule has 2 aromatic carbocycles. The first kappa shape index (κ1) is 30.5. The van der Waals surface area contributed by atoms with Gasteiger partial charge in [-0.3, -0.25) is 14.6 Å². The Balaban J connectivity index is 1.48. The van der Waals surface area contributed by atoms with Crippen LogP contribution in [-0.2, 0) is 11.3 Å². The first-order valence-electron chi connectivity index (χ1n) is 15.3. The zero-order valence-electron chi connectivity index (χ0n) is 25.7. The van der Waals surface area contributed by atoms with Crippen LogP contribution in [0.4, 0.5) is 4.39 Å². The number of amides is 2. The summed E-state index contributed by atoms with van der Waals surface area (Å²) >= 11 is 0. The fourth-order valence-corrected chi connectivity index (χ4v) is 6.35. The van der Waals surface area contributed by atoms with E-state index in [0.29, 0.717) is 34.5 Å². The van der Waals surface area contributed by atoms with Gasteiger partial charge in [-0.05, 0) is 97.7 Å². The van der Waals surface area contributed by atoms with Gasteiger partial charge in [-0.2, -0.15) is 5.21 Å². The summed E-state index contributed by atoms with van der Waals surface area (Å²) in [6.07, 6.45) is 5.20. The fourth-order valence-electron chi connectivity index (χ4n) is 6.35. The Bertz CT molecular complexity index is 1440. The van der Waals surface area contributed by atoms with Crippen molar-refractivity contribution in [2.45, 2.75) is 91.4 Å². The standard InChI is InChI=1S/C33H42FN7O2/c1-21(2)22-14-18-33(19-15-22)36-29(24-10-12-26(34)13-11-24)31(43)41(33)27(16-17-32(3,4)5)23-6-8-25(9-7-23)30(42)35-20-28-37-39-40-38-28/h6-13,21-22,27H,14-20H2,1-5H3,(H,35,42)(H,37,38,39,40). The summed E-state index contributed by atoms with van der Waals surface area (Å²) < 4.78 is 13.8. The van der Waals surface area contributed by atoms with E-state index in [1.165, 1.54) is 12.1 Å². The fraction of sp³-hybridized carbons (Fsp3) is 0.515. The number of aliphatic imine (C=N–C) groups is 1. The van der Waals surface area contributed by atoms with Gasteiger partial charge < -0.3 is 10.2 Å². The smallest absolute Gasteiger partial charge is 0.275 e. The van der Waals surface area contributed by atoms with Crippen LogP contribution in [0.2, 0.25) is 0 Å². The molecule has 2 N–H and O–H groups in total. The first-order valence-corrected chi connectivity index (χ1v) is 15.3. The van der Waals surface area contributed by atoms with Crippen molar-refractivity contribution in [1.82, 2.24) is 30.8 Å². The number of rotatable bonds is 9. The molecule has 1 aliphatic carbocycles. The Hall–Kier alpha value is -3.95. The van der Waals surface area contributed by atoms with E-state index >= 15 is 0 Å². The molecule has 5 rings (SSSR count). The number of H-pyrrole nitrogens is 1. The minimum atomic E-state index is -0.657. The molecule has 1 fully saturated rings. The Morgan fingerprint density at radius 3 is 2.35 bits per heavy atom. The zero-order valence-corrected chi connectivity index (χ0v) is 25.7. The van der Waals surface area contributed by atoms with Crippen molar-refractivity contribution in [3.05, 3.63) is 76.9 Å². The van der Waals surface area contributed by atoms with E-state index < -0.39 is 5.66 Å². The number of benzene rings is 2. The van der Waals surface area contributed by atoms with Crippen molar-refractivity contribution in [3.8, 4) is 0 Å². The summed E-state index contributed by atoms with van der Waals surface area (Å²) in [6, 6.07) is 13.3. The highest BCUT2D eigenvalue weighted by Crippen LogP contribution is 2.48. The summed E-state index contributed by atoms with van der Waals surface area (Å²) in [5, 5.41) is 16.4. The number of hydrogen-bond donors (Lipinski definition) is 2. The molecule has 0 bridgehead atoms. The molecule has 0 radical (unpaired) electrons. The van der Waals surface area contributed by atoms with Gasteiger partial charge in [0, 0.05) is 11.1 Å². The van der Waals surface area contributed by atoms with Crippen molar-refractivity contribution in [1.29, 1.82) is 0 Å².